The van der Waals surface area contributed by atoms with Crippen molar-refractivity contribution >= 4 is 19.6 Å². The monoisotopic (exact) mass is 580 g/mol. The number of ketones is 1. The number of unbranched alkanes of at least 4 members (excludes halogenated alkanes) is 14. The highest BCUT2D eigenvalue weighted by Gasteiger charge is 2.26. The lowest BCUT2D eigenvalue weighted by Crippen LogP contribution is -2.37. The van der Waals surface area contributed by atoms with Gasteiger partial charge in [0.2, 0.25) is 0 Å². The fourth-order valence-electron chi connectivity index (χ4n) is 3.98. The SMILES string of the molecule is CCCCCCCCCCCCCCCCCOCC(COP(=O)(O)OCC[N+](C)(C)C)OC(=O)CC(C)=O. The molecule has 0 fully saturated rings. The molecule has 0 amide bonds. The minimum atomic E-state index is -4.30. The molecule has 0 spiro atoms. The summed E-state index contributed by atoms with van der Waals surface area (Å²) in [6.45, 7) is 4.27. The Kier molecular flexibility index (Phi) is 23.3. The number of quaternary nitrogens is 1. The van der Waals surface area contributed by atoms with Crippen molar-refractivity contribution in [3.8, 4) is 0 Å². The molecule has 10 heteroatoms. The first kappa shape index (κ1) is 38.2. The molecule has 0 aliphatic heterocycles. The number of likely N-dealkylation sites (N-methyl/N-ethyl adjacent to an activating group) is 1. The number of nitrogens with zero attached hydrogens (tertiary/aromatic N) is 1. The predicted molar refractivity (Wildman–Crippen MR) is 156 cm³/mol. The van der Waals surface area contributed by atoms with E-state index in [0.717, 1.165) is 12.8 Å². The van der Waals surface area contributed by atoms with Gasteiger partial charge in [-0.3, -0.25) is 18.6 Å². The molecule has 232 valence electrons. The molecule has 0 aliphatic carbocycles. The molecule has 0 bridgehead atoms. The molecule has 0 aromatic heterocycles. The number of rotatable bonds is 28. The molecule has 0 aromatic rings. The number of carbonyl (C=O) groups is 2. The summed E-state index contributed by atoms with van der Waals surface area (Å²) >= 11 is 0. The van der Waals surface area contributed by atoms with Crippen LogP contribution in [-0.2, 0) is 32.7 Å². The summed E-state index contributed by atoms with van der Waals surface area (Å²) in [6, 6.07) is 0. The maximum atomic E-state index is 12.2. The quantitative estimate of drug-likeness (QED) is 0.0362. The van der Waals surface area contributed by atoms with E-state index in [0.29, 0.717) is 17.6 Å². The first-order valence-electron chi connectivity index (χ1n) is 15.1. The summed E-state index contributed by atoms with van der Waals surface area (Å²) in [6.07, 6.45) is 18.0. The highest BCUT2D eigenvalue weighted by atomic mass is 31.2. The van der Waals surface area contributed by atoms with Gasteiger partial charge < -0.3 is 18.9 Å². The number of Topliss-reactive ketones (excluding diaryl/α,β-unsaturated/α-hetero) is 1. The van der Waals surface area contributed by atoms with Gasteiger partial charge >= 0.3 is 13.8 Å². The minimum absolute atomic E-state index is 0.0150. The van der Waals surface area contributed by atoms with Crippen molar-refractivity contribution in [2.45, 2.75) is 123 Å². The highest BCUT2D eigenvalue weighted by Crippen LogP contribution is 2.43. The van der Waals surface area contributed by atoms with E-state index in [2.05, 4.69) is 6.92 Å². The van der Waals surface area contributed by atoms with Gasteiger partial charge in [0.05, 0.1) is 34.4 Å². The van der Waals surface area contributed by atoms with Crippen molar-refractivity contribution in [2.75, 3.05) is 54.1 Å². The average molecular weight is 581 g/mol. The number of phosphoric acid groups is 1. The third-order valence-electron chi connectivity index (χ3n) is 6.33. The van der Waals surface area contributed by atoms with Crippen molar-refractivity contribution in [1.82, 2.24) is 0 Å². The van der Waals surface area contributed by atoms with E-state index >= 15 is 0 Å². The van der Waals surface area contributed by atoms with Crippen LogP contribution in [-0.4, -0.2) is 81.3 Å². The molecule has 9 nitrogen and oxygen atoms in total. The molecule has 2 atom stereocenters. The molecule has 1 N–H and O–H groups in total. The molecule has 0 radical (unpaired) electrons. The Morgan fingerprint density at radius 1 is 0.744 bits per heavy atom. The smallest absolute Gasteiger partial charge is 0.457 e. The second-order valence-corrected chi connectivity index (χ2v) is 13.1. The summed E-state index contributed by atoms with van der Waals surface area (Å²) < 4.78 is 33.7. The molecule has 0 saturated heterocycles. The van der Waals surface area contributed by atoms with E-state index in [-0.39, 0.29) is 32.0 Å². The van der Waals surface area contributed by atoms with E-state index in [1.165, 1.54) is 90.4 Å². The lowest BCUT2D eigenvalue weighted by molar-refractivity contribution is -0.870. The third kappa shape index (κ3) is 28.5. The van der Waals surface area contributed by atoms with Crippen LogP contribution in [0.4, 0.5) is 0 Å². The zero-order valence-electron chi connectivity index (χ0n) is 25.6. The fourth-order valence-corrected chi connectivity index (χ4v) is 4.72. The molecular weight excluding hydrogens is 521 g/mol. The summed E-state index contributed by atoms with van der Waals surface area (Å²) in [5.74, 6) is -1.04. The molecule has 2 unspecified atom stereocenters. The standard InChI is InChI=1S/C29H58NO8P/c1-6-7-8-9-10-11-12-13-14-15-16-17-18-19-20-22-35-25-28(38-29(32)24-27(2)31)26-37-39(33,34)36-23-21-30(3,4)5/h28H,6-26H2,1-5H3/p+1. The second-order valence-electron chi connectivity index (χ2n) is 11.6. The maximum absolute atomic E-state index is 12.2. The molecule has 0 heterocycles. The number of hydrogen-bond donors (Lipinski definition) is 1. The van der Waals surface area contributed by atoms with Gasteiger partial charge in [0.25, 0.3) is 0 Å². The number of ether oxygens (including phenoxy) is 2. The molecule has 0 rings (SSSR count). The van der Waals surface area contributed by atoms with Gasteiger partial charge in [0.15, 0.2) is 0 Å². The summed E-state index contributed by atoms with van der Waals surface area (Å²) in [5, 5.41) is 0. The summed E-state index contributed by atoms with van der Waals surface area (Å²) in [4.78, 5) is 33.1. The number of esters is 1. The minimum Gasteiger partial charge on any atom is -0.457 e. The Bertz CT molecular complexity index is 668. The number of phosphoric ester groups is 1. The molecule has 39 heavy (non-hydrogen) atoms. The van der Waals surface area contributed by atoms with Crippen molar-refractivity contribution < 1.29 is 42.1 Å². The van der Waals surface area contributed by atoms with E-state index in [1.54, 1.807) is 0 Å². The Hall–Kier alpha value is -0.830. The molecular formula is C29H59NO8P+. The lowest BCUT2D eigenvalue weighted by atomic mass is 10.0. The fraction of sp³-hybridized carbons (Fsp3) is 0.931. The predicted octanol–water partition coefficient (Wildman–Crippen LogP) is 6.61. The van der Waals surface area contributed by atoms with Crippen LogP contribution in [0.5, 0.6) is 0 Å². The number of carbonyl (C=O) groups excluding carboxylic acids is 2. The summed E-state index contributed by atoms with van der Waals surface area (Å²) in [5.41, 5.74) is 0. The van der Waals surface area contributed by atoms with Crippen LogP contribution in [0.15, 0.2) is 0 Å². The van der Waals surface area contributed by atoms with Crippen LogP contribution in [0.2, 0.25) is 0 Å². The van der Waals surface area contributed by atoms with Crippen LogP contribution in [0.1, 0.15) is 117 Å². The van der Waals surface area contributed by atoms with Gasteiger partial charge in [0.1, 0.15) is 31.5 Å². The van der Waals surface area contributed by atoms with Crippen molar-refractivity contribution in [3.63, 3.8) is 0 Å². The van der Waals surface area contributed by atoms with Gasteiger partial charge in [0, 0.05) is 6.61 Å². The molecule has 0 aliphatic rings. The zero-order valence-corrected chi connectivity index (χ0v) is 26.5. The molecule has 0 aromatic carbocycles. The van der Waals surface area contributed by atoms with Crippen LogP contribution in [0.25, 0.3) is 0 Å². The first-order valence-corrected chi connectivity index (χ1v) is 16.6. The second kappa shape index (κ2) is 23.8. The largest absolute Gasteiger partial charge is 0.472 e. The van der Waals surface area contributed by atoms with Crippen LogP contribution >= 0.6 is 7.82 Å². The Labute approximate surface area is 238 Å². The van der Waals surface area contributed by atoms with Gasteiger partial charge in [-0.1, -0.05) is 96.8 Å². The normalized spacial score (nSPS) is 14.2. The highest BCUT2D eigenvalue weighted by molar-refractivity contribution is 7.47. The maximum Gasteiger partial charge on any atom is 0.472 e. The average Bonchev–Trinajstić information content (AvgIpc) is 2.82. The van der Waals surface area contributed by atoms with Crippen molar-refractivity contribution in [2.24, 2.45) is 0 Å². The van der Waals surface area contributed by atoms with Crippen LogP contribution in [0.3, 0.4) is 0 Å². The Morgan fingerprint density at radius 3 is 1.69 bits per heavy atom. The van der Waals surface area contributed by atoms with E-state index in [4.69, 9.17) is 18.5 Å². The van der Waals surface area contributed by atoms with E-state index in [9.17, 15) is 19.0 Å². The summed E-state index contributed by atoms with van der Waals surface area (Å²) in [7, 11) is 1.51. The van der Waals surface area contributed by atoms with Gasteiger partial charge in [-0.05, 0) is 13.3 Å². The first-order chi connectivity index (χ1) is 18.4. The lowest BCUT2D eigenvalue weighted by Gasteiger charge is -2.24. The topological polar surface area (TPSA) is 108 Å². The number of hydrogen-bond acceptors (Lipinski definition) is 7. The van der Waals surface area contributed by atoms with Gasteiger partial charge in [-0.15, -0.1) is 0 Å². The van der Waals surface area contributed by atoms with Gasteiger partial charge in [-0.25, -0.2) is 4.57 Å². The van der Waals surface area contributed by atoms with E-state index < -0.39 is 19.9 Å². The third-order valence-corrected chi connectivity index (χ3v) is 7.31. The van der Waals surface area contributed by atoms with E-state index in [1.807, 2.05) is 21.1 Å². The van der Waals surface area contributed by atoms with Crippen molar-refractivity contribution in [1.29, 1.82) is 0 Å². The Morgan fingerprint density at radius 2 is 1.23 bits per heavy atom. The Balaban J connectivity index is 4.02. The van der Waals surface area contributed by atoms with Crippen molar-refractivity contribution in [3.05, 3.63) is 0 Å². The molecule has 0 saturated carbocycles. The zero-order chi connectivity index (χ0) is 29.4. The van der Waals surface area contributed by atoms with Gasteiger partial charge in [-0.2, -0.15) is 0 Å². The van der Waals surface area contributed by atoms with Crippen LogP contribution < -0.4 is 0 Å². The van der Waals surface area contributed by atoms with Crippen LogP contribution in [0, 0.1) is 0 Å².